The molecule has 22 heavy (non-hydrogen) atoms. The first-order valence-electron chi connectivity index (χ1n) is 7.52. The topological polar surface area (TPSA) is 35.1 Å². The molecule has 0 unspecified atom stereocenters. The summed E-state index contributed by atoms with van der Waals surface area (Å²) in [5.74, 6) is 0. The van der Waals surface area contributed by atoms with Gasteiger partial charge in [-0.25, -0.2) is 0 Å². The molecule has 0 saturated carbocycles. The van der Waals surface area contributed by atoms with Gasteiger partial charge in [0.25, 0.3) is 0 Å². The molecule has 5 rings (SSSR count). The van der Waals surface area contributed by atoms with E-state index in [1.807, 2.05) is 18.3 Å². The van der Waals surface area contributed by atoms with Crippen molar-refractivity contribution in [2.75, 3.05) is 0 Å². The lowest BCUT2D eigenvalue weighted by Gasteiger charge is -2.05. The molecule has 0 aliphatic carbocycles. The first-order chi connectivity index (χ1) is 10.9. The van der Waals surface area contributed by atoms with Gasteiger partial charge in [0.1, 0.15) is 5.52 Å². The predicted octanol–water partition coefficient (Wildman–Crippen LogP) is 4.01. The number of fused-ring (bicyclic) bond motifs is 7. The number of hydrogen-bond acceptors (Lipinski definition) is 2. The summed E-state index contributed by atoms with van der Waals surface area (Å²) in [5, 5.41) is 11.3. The molecule has 0 aliphatic heterocycles. The SMILES string of the molecule is CCn1c2ccccc2c2c3nnc4cccn4c3ccc21. The van der Waals surface area contributed by atoms with Crippen LogP contribution in [0.2, 0.25) is 0 Å². The zero-order valence-corrected chi connectivity index (χ0v) is 12.2. The van der Waals surface area contributed by atoms with Crippen LogP contribution in [-0.4, -0.2) is 19.2 Å². The quantitative estimate of drug-likeness (QED) is 0.466. The van der Waals surface area contributed by atoms with Crippen LogP contribution >= 0.6 is 0 Å². The summed E-state index contributed by atoms with van der Waals surface area (Å²) in [6.45, 7) is 3.12. The Bertz CT molecular complexity index is 1160. The fourth-order valence-corrected chi connectivity index (χ4v) is 3.50. The molecule has 5 aromatic rings. The number of para-hydroxylation sites is 1. The second-order valence-electron chi connectivity index (χ2n) is 5.53. The molecule has 0 saturated heterocycles. The molecule has 4 heteroatoms. The van der Waals surface area contributed by atoms with E-state index in [1.165, 1.54) is 21.8 Å². The Morgan fingerprint density at radius 3 is 2.64 bits per heavy atom. The number of aryl methyl sites for hydroxylation is 1. The van der Waals surface area contributed by atoms with E-state index in [0.29, 0.717) is 0 Å². The first kappa shape index (κ1) is 11.7. The van der Waals surface area contributed by atoms with Gasteiger partial charge in [0.05, 0.1) is 11.0 Å². The first-order valence-corrected chi connectivity index (χ1v) is 7.52. The second-order valence-corrected chi connectivity index (χ2v) is 5.53. The van der Waals surface area contributed by atoms with E-state index < -0.39 is 0 Å². The van der Waals surface area contributed by atoms with Crippen LogP contribution in [0.5, 0.6) is 0 Å². The van der Waals surface area contributed by atoms with E-state index >= 15 is 0 Å². The van der Waals surface area contributed by atoms with Gasteiger partial charge in [0.2, 0.25) is 0 Å². The van der Waals surface area contributed by atoms with Crippen molar-refractivity contribution in [1.82, 2.24) is 19.2 Å². The van der Waals surface area contributed by atoms with Crippen molar-refractivity contribution >= 4 is 38.5 Å². The molecule has 3 aromatic heterocycles. The maximum absolute atomic E-state index is 4.52. The third-order valence-corrected chi connectivity index (χ3v) is 4.45. The molecule has 106 valence electrons. The summed E-state index contributed by atoms with van der Waals surface area (Å²) in [5.41, 5.74) is 5.41. The van der Waals surface area contributed by atoms with Crippen molar-refractivity contribution in [2.24, 2.45) is 0 Å². The van der Waals surface area contributed by atoms with E-state index in [9.17, 15) is 0 Å². The fraction of sp³-hybridized carbons (Fsp3) is 0.111. The molecule has 2 aromatic carbocycles. The van der Waals surface area contributed by atoms with E-state index in [0.717, 1.165) is 23.2 Å². The fourth-order valence-electron chi connectivity index (χ4n) is 3.50. The Balaban J connectivity index is 2.12. The van der Waals surface area contributed by atoms with Crippen LogP contribution in [-0.2, 0) is 6.54 Å². The third-order valence-electron chi connectivity index (χ3n) is 4.45. The highest BCUT2D eigenvalue weighted by Gasteiger charge is 2.14. The molecule has 0 radical (unpaired) electrons. The highest BCUT2D eigenvalue weighted by atomic mass is 15.2. The van der Waals surface area contributed by atoms with Crippen LogP contribution in [0.1, 0.15) is 6.92 Å². The van der Waals surface area contributed by atoms with Crippen molar-refractivity contribution in [3.63, 3.8) is 0 Å². The molecule has 4 nitrogen and oxygen atoms in total. The minimum Gasteiger partial charge on any atom is -0.341 e. The van der Waals surface area contributed by atoms with Crippen molar-refractivity contribution in [3.8, 4) is 0 Å². The molecule has 0 N–H and O–H groups in total. The van der Waals surface area contributed by atoms with E-state index in [2.05, 4.69) is 62.5 Å². The van der Waals surface area contributed by atoms with Crippen molar-refractivity contribution < 1.29 is 0 Å². The number of aromatic nitrogens is 4. The van der Waals surface area contributed by atoms with Gasteiger partial charge >= 0.3 is 0 Å². The summed E-state index contributed by atoms with van der Waals surface area (Å²) in [6.07, 6.45) is 2.04. The van der Waals surface area contributed by atoms with Crippen LogP contribution in [0.15, 0.2) is 54.7 Å². The van der Waals surface area contributed by atoms with Crippen LogP contribution in [0, 0.1) is 0 Å². The summed E-state index contributed by atoms with van der Waals surface area (Å²) in [7, 11) is 0. The zero-order valence-electron chi connectivity index (χ0n) is 12.2. The lowest BCUT2D eigenvalue weighted by Crippen LogP contribution is -1.95. The highest BCUT2D eigenvalue weighted by molar-refractivity contribution is 6.18. The molecule has 0 spiro atoms. The van der Waals surface area contributed by atoms with Gasteiger partial charge in [-0.1, -0.05) is 18.2 Å². The molecular formula is C18H14N4. The maximum atomic E-state index is 4.52. The normalized spacial score (nSPS) is 12.0. The average Bonchev–Trinajstić information content (AvgIpc) is 3.16. The number of rotatable bonds is 1. The minimum atomic E-state index is 0.881. The maximum Gasteiger partial charge on any atom is 0.159 e. The van der Waals surface area contributed by atoms with Gasteiger partial charge in [-0.05, 0) is 37.3 Å². The Morgan fingerprint density at radius 1 is 0.864 bits per heavy atom. The molecule has 0 fully saturated rings. The van der Waals surface area contributed by atoms with Gasteiger partial charge in [-0.2, -0.15) is 0 Å². The minimum absolute atomic E-state index is 0.881. The Hall–Kier alpha value is -2.88. The van der Waals surface area contributed by atoms with Crippen LogP contribution in [0.4, 0.5) is 0 Å². The molecule has 0 aliphatic rings. The van der Waals surface area contributed by atoms with E-state index in [4.69, 9.17) is 0 Å². The van der Waals surface area contributed by atoms with Gasteiger partial charge < -0.3 is 4.57 Å². The van der Waals surface area contributed by atoms with E-state index in [-0.39, 0.29) is 0 Å². The summed E-state index contributed by atoms with van der Waals surface area (Å²) < 4.78 is 4.44. The molecular weight excluding hydrogens is 272 g/mol. The number of nitrogens with zero attached hydrogens (tertiary/aromatic N) is 4. The van der Waals surface area contributed by atoms with Gasteiger partial charge in [0.15, 0.2) is 5.65 Å². The predicted molar refractivity (Wildman–Crippen MR) is 89.2 cm³/mol. The summed E-state index contributed by atoms with van der Waals surface area (Å²) in [4.78, 5) is 0. The number of benzene rings is 2. The molecule has 0 amide bonds. The van der Waals surface area contributed by atoms with Gasteiger partial charge in [-0.15, -0.1) is 10.2 Å². The van der Waals surface area contributed by atoms with E-state index in [1.54, 1.807) is 0 Å². The van der Waals surface area contributed by atoms with Crippen LogP contribution in [0.25, 0.3) is 38.5 Å². The van der Waals surface area contributed by atoms with Gasteiger partial charge in [0, 0.05) is 29.0 Å². The Kier molecular flexibility index (Phi) is 2.17. The second kappa shape index (κ2) is 4.07. The smallest absolute Gasteiger partial charge is 0.159 e. The Morgan fingerprint density at radius 2 is 1.73 bits per heavy atom. The third kappa shape index (κ3) is 1.32. The van der Waals surface area contributed by atoms with Crippen LogP contribution < -0.4 is 0 Å². The molecule has 0 atom stereocenters. The Labute approximate surface area is 126 Å². The lowest BCUT2D eigenvalue weighted by atomic mass is 10.1. The molecule has 3 heterocycles. The standard InChI is InChI=1S/C18H14N4/c1-2-21-13-7-4-3-6-12(13)17-14(21)9-10-15-18(17)20-19-16-8-5-11-22(15)16/h3-11H,2H2,1H3. The average molecular weight is 286 g/mol. The lowest BCUT2D eigenvalue weighted by molar-refractivity contribution is 0.827. The summed E-state index contributed by atoms with van der Waals surface area (Å²) >= 11 is 0. The van der Waals surface area contributed by atoms with Crippen molar-refractivity contribution in [1.29, 1.82) is 0 Å². The highest BCUT2D eigenvalue weighted by Crippen LogP contribution is 2.33. The monoisotopic (exact) mass is 286 g/mol. The van der Waals surface area contributed by atoms with Crippen molar-refractivity contribution in [3.05, 3.63) is 54.7 Å². The van der Waals surface area contributed by atoms with Crippen molar-refractivity contribution in [2.45, 2.75) is 13.5 Å². The zero-order chi connectivity index (χ0) is 14.7. The van der Waals surface area contributed by atoms with Crippen LogP contribution in [0.3, 0.4) is 0 Å². The summed E-state index contributed by atoms with van der Waals surface area (Å²) in [6, 6.07) is 16.8. The number of hydrogen-bond donors (Lipinski definition) is 0. The largest absolute Gasteiger partial charge is 0.341 e. The van der Waals surface area contributed by atoms with Gasteiger partial charge in [-0.3, -0.25) is 4.40 Å². The molecule has 0 bridgehead atoms.